The first-order valence-electron chi connectivity index (χ1n) is 6.07. The van der Waals surface area contributed by atoms with Gasteiger partial charge in [0, 0.05) is 24.2 Å². The molecule has 0 aliphatic rings. The number of hydrogen-bond acceptors (Lipinski definition) is 5. The van der Waals surface area contributed by atoms with E-state index in [1.807, 2.05) is 0 Å². The van der Waals surface area contributed by atoms with Crippen molar-refractivity contribution in [2.45, 2.75) is 0 Å². The van der Waals surface area contributed by atoms with Crippen molar-refractivity contribution in [2.75, 3.05) is 10.6 Å². The summed E-state index contributed by atoms with van der Waals surface area (Å²) in [5, 5.41) is 23.6. The van der Waals surface area contributed by atoms with Crippen molar-refractivity contribution in [1.82, 2.24) is 4.98 Å². The second-order valence-electron chi connectivity index (χ2n) is 4.03. The van der Waals surface area contributed by atoms with Crippen LogP contribution in [0.5, 0.6) is 5.75 Å². The number of benzene rings is 1. The SMILES string of the molecule is N#C/C(=C/Nc1ccccn1)C(=O)Nc1cccc(O)c1. The average Bonchev–Trinajstić information content (AvgIpc) is 2.49. The summed E-state index contributed by atoms with van der Waals surface area (Å²) in [5.41, 5.74) is 0.294. The number of rotatable bonds is 4. The van der Waals surface area contributed by atoms with E-state index in [2.05, 4.69) is 15.6 Å². The highest BCUT2D eigenvalue weighted by Crippen LogP contribution is 2.16. The summed E-state index contributed by atoms with van der Waals surface area (Å²) < 4.78 is 0. The lowest BCUT2D eigenvalue weighted by Gasteiger charge is -2.05. The van der Waals surface area contributed by atoms with Gasteiger partial charge in [0.05, 0.1) is 0 Å². The fraction of sp³-hybridized carbons (Fsp3) is 0. The van der Waals surface area contributed by atoms with Crippen molar-refractivity contribution < 1.29 is 9.90 Å². The number of pyridine rings is 1. The van der Waals surface area contributed by atoms with Crippen LogP contribution in [0.15, 0.2) is 60.4 Å². The molecule has 104 valence electrons. The van der Waals surface area contributed by atoms with Crippen molar-refractivity contribution >= 4 is 17.4 Å². The quantitative estimate of drug-likeness (QED) is 0.589. The van der Waals surface area contributed by atoms with E-state index in [1.54, 1.807) is 42.6 Å². The van der Waals surface area contributed by atoms with Gasteiger partial charge in [-0.2, -0.15) is 5.26 Å². The molecule has 0 aliphatic carbocycles. The van der Waals surface area contributed by atoms with Crippen molar-refractivity contribution in [1.29, 1.82) is 5.26 Å². The highest BCUT2D eigenvalue weighted by Gasteiger charge is 2.09. The number of hydrogen-bond donors (Lipinski definition) is 3. The van der Waals surface area contributed by atoms with Gasteiger partial charge < -0.3 is 15.7 Å². The summed E-state index contributed by atoms with van der Waals surface area (Å²) in [6, 6.07) is 13.1. The topological polar surface area (TPSA) is 98.0 Å². The van der Waals surface area contributed by atoms with E-state index < -0.39 is 5.91 Å². The number of nitrogens with one attached hydrogen (secondary N) is 2. The molecular formula is C15H12N4O2. The third kappa shape index (κ3) is 4.08. The van der Waals surface area contributed by atoms with Crippen LogP contribution in [-0.4, -0.2) is 16.0 Å². The molecule has 6 heteroatoms. The lowest BCUT2D eigenvalue weighted by atomic mass is 10.2. The number of phenols is 1. The Bertz CT molecular complexity index is 705. The van der Waals surface area contributed by atoms with Crippen LogP contribution in [0, 0.1) is 11.3 Å². The molecule has 0 saturated carbocycles. The lowest BCUT2D eigenvalue weighted by Crippen LogP contribution is -2.14. The fourth-order valence-corrected chi connectivity index (χ4v) is 1.52. The molecule has 0 fully saturated rings. The Kier molecular flexibility index (Phi) is 4.51. The zero-order valence-corrected chi connectivity index (χ0v) is 10.9. The maximum absolute atomic E-state index is 11.9. The third-order valence-electron chi connectivity index (χ3n) is 2.50. The molecule has 0 bridgehead atoms. The van der Waals surface area contributed by atoms with Crippen molar-refractivity contribution in [3.8, 4) is 11.8 Å². The first-order chi connectivity index (χ1) is 10.2. The second-order valence-corrected chi connectivity index (χ2v) is 4.03. The molecule has 2 aromatic rings. The van der Waals surface area contributed by atoms with Crippen LogP contribution in [0.3, 0.4) is 0 Å². The Balaban J connectivity index is 2.07. The van der Waals surface area contributed by atoms with E-state index in [0.29, 0.717) is 11.5 Å². The summed E-state index contributed by atoms with van der Waals surface area (Å²) >= 11 is 0. The molecule has 0 unspecified atom stereocenters. The lowest BCUT2D eigenvalue weighted by molar-refractivity contribution is -0.112. The number of phenolic OH excluding ortho intramolecular Hbond substituents is 1. The first-order valence-corrected chi connectivity index (χ1v) is 6.07. The highest BCUT2D eigenvalue weighted by molar-refractivity contribution is 6.06. The highest BCUT2D eigenvalue weighted by atomic mass is 16.3. The minimum Gasteiger partial charge on any atom is -0.508 e. The van der Waals surface area contributed by atoms with Crippen molar-refractivity contribution in [2.24, 2.45) is 0 Å². The molecule has 21 heavy (non-hydrogen) atoms. The Morgan fingerprint density at radius 1 is 1.29 bits per heavy atom. The molecule has 0 radical (unpaired) electrons. The van der Waals surface area contributed by atoms with Crippen molar-refractivity contribution in [3.05, 3.63) is 60.4 Å². The minimum atomic E-state index is -0.577. The molecule has 1 aromatic heterocycles. The molecule has 0 spiro atoms. The number of anilines is 2. The second kappa shape index (κ2) is 6.73. The van der Waals surface area contributed by atoms with Crippen LogP contribution in [-0.2, 0) is 4.79 Å². The van der Waals surface area contributed by atoms with Gasteiger partial charge in [0.2, 0.25) is 0 Å². The van der Waals surface area contributed by atoms with Gasteiger partial charge in [-0.3, -0.25) is 4.79 Å². The molecule has 0 aliphatic heterocycles. The van der Waals surface area contributed by atoms with E-state index in [-0.39, 0.29) is 11.3 Å². The van der Waals surface area contributed by atoms with Crippen LogP contribution >= 0.6 is 0 Å². The zero-order valence-electron chi connectivity index (χ0n) is 10.9. The normalized spacial score (nSPS) is 10.5. The maximum atomic E-state index is 11.9. The van der Waals surface area contributed by atoms with Crippen LogP contribution < -0.4 is 10.6 Å². The molecule has 3 N–H and O–H groups in total. The van der Waals surface area contributed by atoms with E-state index in [0.717, 1.165) is 0 Å². The van der Waals surface area contributed by atoms with E-state index >= 15 is 0 Å². The monoisotopic (exact) mass is 280 g/mol. The fourth-order valence-electron chi connectivity index (χ4n) is 1.52. The van der Waals surface area contributed by atoms with Gasteiger partial charge in [-0.25, -0.2) is 4.98 Å². The Morgan fingerprint density at radius 3 is 2.81 bits per heavy atom. The van der Waals surface area contributed by atoms with Gasteiger partial charge in [0.15, 0.2) is 0 Å². The largest absolute Gasteiger partial charge is 0.508 e. The predicted molar refractivity (Wildman–Crippen MR) is 78.3 cm³/mol. The molecule has 2 rings (SSSR count). The standard InChI is InChI=1S/C15H12N4O2/c16-9-11(10-18-14-6-1-2-7-17-14)15(21)19-12-4-3-5-13(20)8-12/h1-8,10,20H,(H,17,18)(H,19,21)/b11-10-. The maximum Gasteiger partial charge on any atom is 0.267 e. The number of nitrogens with zero attached hydrogens (tertiary/aromatic N) is 2. The Labute approximate surface area is 121 Å². The average molecular weight is 280 g/mol. The molecular weight excluding hydrogens is 268 g/mol. The summed E-state index contributed by atoms with van der Waals surface area (Å²) in [6.07, 6.45) is 2.87. The van der Waals surface area contributed by atoms with Crippen LogP contribution in [0.25, 0.3) is 0 Å². The number of nitriles is 1. The number of aromatic nitrogens is 1. The van der Waals surface area contributed by atoms with Crippen LogP contribution in [0.1, 0.15) is 0 Å². The summed E-state index contributed by atoms with van der Waals surface area (Å²) in [7, 11) is 0. The predicted octanol–water partition coefficient (Wildman–Crippen LogP) is 2.25. The van der Waals surface area contributed by atoms with Gasteiger partial charge in [-0.05, 0) is 24.3 Å². The number of aromatic hydroxyl groups is 1. The number of carbonyl (C=O) groups excluding carboxylic acids is 1. The van der Waals surface area contributed by atoms with Crippen molar-refractivity contribution in [3.63, 3.8) is 0 Å². The van der Waals surface area contributed by atoms with E-state index in [4.69, 9.17) is 5.26 Å². The summed E-state index contributed by atoms with van der Waals surface area (Å²) in [4.78, 5) is 15.9. The van der Waals surface area contributed by atoms with Gasteiger partial charge in [-0.15, -0.1) is 0 Å². The molecule has 1 heterocycles. The summed E-state index contributed by atoms with van der Waals surface area (Å²) in [6.45, 7) is 0. The van der Waals surface area contributed by atoms with Crippen LogP contribution in [0.2, 0.25) is 0 Å². The van der Waals surface area contributed by atoms with E-state index in [1.165, 1.54) is 18.3 Å². The molecule has 6 nitrogen and oxygen atoms in total. The first kappa shape index (κ1) is 14.1. The smallest absolute Gasteiger partial charge is 0.267 e. The number of amides is 1. The van der Waals surface area contributed by atoms with Gasteiger partial charge in [-0.1, -0.05) is 12.1 Å². The van der Waals surface area contributed by atoms with E-state index in [9.17, 15) is 9.90 Å². The summed E-state index contributed by atoms with van der Waals surface area (Å²) in [5.74, 6) is -0.0242. The molecule has 1 aromatic carbocycles. The molecule has 1 amide bonds. The minimum absolute atomic E-state index is 0.0295. The zero-order chi connectivity index (χ0) is 15.1. The third-order valence-corrected chi connectivity index (χ3v) is 2.50. The Morgan fingerprint density at radius 2 is 2.14 bits per heavy atom. The molecule has 0 saturated heterocycles. The Hall–Kier alpha value is -3.33. The van der Waals surface area contributed by atoms with Crippen LogP contribution in [0.4, 0.5) is 11.5 Å². The van der Waals surface area contributed by atoms with Gasteiger partial charge in [0.25, 0.3) is 5.91 Å². The number of carbonyl (C=O) groups is 1. The molecule has 0 atom stereocenters. The van der Waals surface area contributed by atoms with Gasteiger partial charge >= 0.3 is 0 Å². The van der Waals surface area contributed by atoms with Gasteiger partial charge in [0.1, 0.15) is 23.2 Å².